The van der Waals surface area contributed by atoms with Gasteiger partial charge in [-0.1, -0.05) is 11.3 Å². The van der Waals surface area contributed by atoms with E-state index < -0.39 is 0 Å². The Morgan fingerprint density at radius 3 is 2.50 bits per heavy atom. The number of hydrogen-bond donors (Lipinski definition) is 1. The van der Waals surface area contributed by atoms with Crippen molar-refractivity contribution in [1.29, 1.82) is 0 Å². The van der Waals surface area contributed by atoms with Crippen LogP contribution < -0.4 is 4.90 Å². The molecule has 0 saturated carbocycles. The summed E-state index contributed by atoms with van der Waals surface area (Å²) in [6, 6.07) is 5.37. The van der Waals surface area contributed by atoms with E-state index in [2.05, 4.69) is 39.2 Å². The fourth-order valence-electron chi connectivity index (χ4n) is 1.81. The topological polar surface area (TPSA) is 74.0 Å². The van der Waals surface area contributed by atoms with Crippen LogP contribution in [-0.2, 0) is 0 Å². The number of rotatable bonds is 5. The molecule has 0 amide bonds. The van der Waals surface area contributed by atoms with Gasteiger partial charge in [0.1, 0.15) is 16.4 Å². The van der Waals surface area contributed by atoms with Gasteiger partial charge in [0, 0.05) is 24.8 Å². The minimum absolute atomic E-state index is 0.111. The summed E-state index contributed by atoms with van der Waals surface area (Å²) >= 11 is 1.36. The Labute approximate surface area is 121 Å². The normalized spacial score (nSPS) is 11.2. The number of phenolic OH excluding ortho intramolecular Hbond substituents is 1. The van der Waals surface area contributed by atoms with Crippen molar-refractivity contribution in [3.8, 4) is 5.75 Å². The Morgan fingerprint density at radius 1 is 1.20 bits per heavy atom. The summed E-state index contributed by atoms with van der Waals surface area (Å²) in [6.45, 7) is 7.78. The minimum atomic E-state index is 0.111. The van der Waals surface area contributed by atoms with Gasteiger partial charge in [-0.2, -0.15) is 0 Å². The van der Waals surface area contributed by atoms with Crippen molar-refractivity contribution in [3.05, 3.63) is 23.2 Å². The summed E-state index contributed by atoms with van der Waals surface area (Å²) in [4.78, 5) is 2.15. The summed E-state index contributed by atoms with van der Waals surface area (Å²) in [7, 11) is 0. The van der Waals surface area contributed by atoms with Crippen LogP contribution in [-0.4, -0.2) is 28.4 Å². The maximum atomic E-state index is 10.0. The smallest absolute Gasteiger partial charge is 0.251 e. The number of nitrogens with zero attached hydrogens (tertiary/aromatic N) is 5. The fourth-order valence-corrected chi connectivity index (χ4v) is 2.31. The van der Waals surface area contributed by atoms with Crippen molar-refractivity contribution in [1.82, 2.24) is 10.2 Å². The number of anilines is 1. The Morgan fingerprint density at radius 2 is 1.95 bits per heavy atom. The van der Waals surface area contributed by atoms with E-state index in [-0.39, 0.29) is 5.75 Å². The predicted molar refractivity (Wildman–Crippen MR) is 80.5 cm³/mol. The quantitative estimate of drug-likeness (QED) is 0.850. The fraction of sp³-hybridized carbons (Fsp3) is 0.385. The molecule has 7 heteroatoms. The number of aromatic hydroxyl groups is 1. The van der Waals surface area contributed by atoms with Crippen molar-refractivity contribution < 1.29 is 5.11 Å². The van der Waals surface area contributed by atoms with Crippen molar-refractivity contribution in [2.75, 3.05) is 18.0 Å². The van der Waals surface area contributed by atoms with E-state index in [1.807, 2.05) is 13.0 Å². The maximum absolute atomic E-state index is 10.0. The van der Waals surface area contributed by atoms with Crippen LogP contribution >= 0.6 is 11.3 Å². The van der Waals surface area contributed by atoms with Crippen molar-refractivity contribution in [2.45, 2.75) is 20.8 Å². The number of phenols is 1. The molecule has 0 aliphatic rings. The third-order valence-corrected chi connectivity index (χ3v) is 3.57. The van der Waals surface area contributed by atoms with Gasteiger partial charge in [-0.15, -0.1) is 20.4 Å². The minimum Gasteiger partial charge on any atom is -0.506 e. The second-order valence-corrected chi connectivity index (χ2v) is 5.31. The number of benzene rings is 1. The molecule has 0 unspecified atom stereocenters. The van der Waals surface area contributed by atoms with Crippen molar-refractivity contribution >= 4 is 27.8 Å². The molecular weight excluding hydrogens is 274 g/mol. The lowest BCUT2D eigenvalue weighted by atomic mass is 10.2. The lowest BCUT2D eigenvalue weighted by Gasteiger charge is -2.21. The molecule has 2 aromatic rings. The molecule has 2 rings (SSSR count). The van der Waals surface area contributed by atoms with Gasteiger partial charge in [0.15, 0.2) is 0 Å². The van der Waals surface area contributed by atoms with Crippen LogP contribution in [0.5, 0.6) is 5.75 Å². The average molecular weight is 291 g/mol. The van der Waals surface area contributed by atoms with Crippen LogP contribution in [0.3, 0.4) is 0 Å². The molecule has 106 valence electrons. The van der Waals surface area contributed by atoms with E-state index in [1.54, 1.807) is 12.1 Å². The molecule has 0 bridgehead atoms. The van der Waals surface area contributed by atoms with Gasteiger partial charge < -0.3 is 10.0 Å². The van der Waals surface area contributed by atoms with Crippen molar-refractivity contribution in [2.24, 2.45) is 10.2 Å². The molecule has 0 spiro atoms. The van der Waals surface area contributed by atoms with Gasteiger partial charge in [0.25, 0.3) is 5.13 Å². The highest BCUT2D eigenvalue weighted by molar-refractivity contribution is 7.14. The molecule has 0 radical (unpaired) electrons. The van der Waals surface area contributed by atoms with Gasteiger partial charge in [-0.25, -0.2) is 0 Å². The molecule has 1 N–H and O–H groups in total. The first-order valence-electron chi connectivity index (χ1n) is 6.43. The van der Waals surface area contributed by atoms with E-state index in [0.29, 0.717) is 10.8 Å². The maximum Gasteiger partial charge on any atom is 0.251 e. The van der Waals surface area contributed by atoms with Crippen LogP contribution in [0.2, 0.25) is 0 Å². The highest BCUT2D eigenvalue weighted by atomic mass is 32.1. The van der Waals surface area contributed by atoms with Gasteiger partial charge in [-0.3, -0.25) is 0 Å². The highest BCUT2D eigenvalue weighted by Gasteiger charge is 2.06. The molecule has 20 heavy (non-hydrogen) atoms. The molecule has 0 aliphatic heterocycles. The lowest BCUT2D eigenvalue weighted by molar-refractivity contribution is 0.476. The van der Waals surface area contributed by atoms with E-state index in [1.165, 1.54) is 11.3 Å². The molecule has 6 nitrogen and oxygen atoms in total. The first-order valence-corrected chi connectivity index (χ1v) is 7.25. The zero-order chi connectivity index (χ0) is 14.5. The van der Waals surface area contributed by atoms with Gasteiger partial charge in [-0.05, 0) is 32.9 Å². The average Bonchev–Trinajstić information content (AvgIpc) is 2.85. The Balaban J connectivity index is 2.19. The molecular formula is C13H17N5OS. The second-order valence-electron chi connectivity index (χ2n) is 4.15. The predicted octanol–water partition coefficient (Wildman–Crippen LogP) is 3.81. The highest BCUT2D eigenvalue weighted by Crippen LogP contribution is 2.32. The molecule has 1 aromatic carbocycles. The summed E-state index contributed by atoms with van der Waals surface area (Å²) in [5, 5.41) is 27.0. The Kier molecular flexibility index (Phi) is 4.62. The second kappa shape index (κ2) is 6.42. The zero-order valence-corrected chi connectivity index (χ0v) is 12.6. The van der Waals surface area contributed by atoms with E-state index in [4.69, 9.17) is 0 Å². The van der Waals surface area contributed by atoms with Crippen LogP contribution in [0.1, 0.15) is 18.9 Å². The monoisotopic (exact) mass is 291 g/mol. The van der Waals surface area contributed by atoms with Crippen molar-refractivity contribution in [3.63, 3.8) is 0 Å². The number of hydrogen-bond acceptors (Lipinski definition) is 7. The first-order chi connectivity index (χ1) is 9.63. The molecule has 0 saturated heterocycles. The molecule has 1 aromatic heterocycles. The van der Waals surface area contributed by atoms with E-state index in [9.17, 15) is 5.11 Å². The number of aromatic nitrogens is 2. The van der Waals surface area contributed by atoms with Crippen LogP contribution in [0.4, 0.5) is 16.5 Å². The third-order valence-electron chi connectivity index (χ3n) is 2.85. The summed E-state index contributed by atoms with van der Waals surface area (Å²) in [5.41, 5.74) is 1.40. The lowest BCUT2D eigenvalue weighted by Crippen LogP contribution is -2.21. The molecule has 0 atom stereocenters. The Bertz CT molecular complexity index is 607. The largest absolute Gasteiger partial charge is 0.506 e. The first kappa shape index (κ1) is 14.4. The third kappa shape index (κ3) is 3.30. The summed E-state index contributed by atoms with van der Waals surface area (Å²) in [5.74, 6) is 0.111. The van der Waals surface area contributed by atoms with Crippen LogP contribution in [0.25, 0.3) is 0 Å². The van der Waals surface area contributed by atoms with Gasteiger partial charge >= 0.3 is 0 Å². The van der Waals surface area contributed by atoms with Gasteiger partial charge in [0.2, 0.25) is 0 Å². The van der Waals surface area contributed by atoms with E-state index in [0.717, 1.165) is 23.8 Å². The summed E-state index contributed by atoms with van der Waals surface area (Å²) in [6.07, 6.45) is 0. The molecule has 0 fully saturated rings. The van der Waals surface area contributed by atoms with Gasteiger partial charge in [0.05, 0.1) is 0 Å². The SMILES string of the molecule is CCN(CC)c1ccc(N=Nc2nnc(C)s2)c(O)c1. The standard InChI is InChI=1S/C13H17N5OS/c1-4-18(5-2)10-6-7-11(12(19)8-10)15-17-13-16-14-9(3)20-13/h6-8,19H,4-5H2,1-3H3. The Hall–Kier alpha value is -2.02. The zero-order valence-electron chi connectivity index (χ0n) is 11.7. The number of aryl methyl sites for hydroxylation is 1. The van der Waals surface area contributed by atoms with E-state index >= 15 is 0 Å². The number of azo groups is 1. The molecule has 0 aliphatic carbocycles. The van der Waals surface area contributed by atoms with Crippen LogP contribution in [0.15, 0.2) is 28.4 Å². The van der Waals surface area contributed by atoms with Crippen LogP contribution in [0, 0.1) is 6.92 Å². The summed E-state index contributed by atoms with van der Waals surface area (Å²) < 4.78 is 0. The molecule has 1 heterocycles.